The van der Waals surface area contributed by atoms with Crippen molar-refractivity contribution in [3.05, 3.63) is 52.6 Å². The van der Waals surface area contributed by atoms with Crippen molar-refractivity contribution in [2.75, 3.05) is 17.7 Å². The molecule has 3 aromatic rings. The summed E-state index contributed by atoms with van der Waals surface area (Å²) < 4.78 is 7.21. The van der Waals surface area contributed by atoms with Gasteiger partial charge in [0.1, 0.15) is 11.4 Å². The average molecular weight is 389 g/mol. The number of rotatable bonds is 7. The van der Waals surface area contributed by atoms with E-state index in [1.54, 1.807) is 12.1 Å². The van der Waals surface area contributed by atoms with E-state index in [1.807, 2.05) is 25.1 Å². The first-order chi connectivity index (χ1) is 12.6. The molecule has 134 valence electrons. The fraction of sp³-hybridized carbons (Fsp3) is 0.176. The third-order valence-corrected chi connectivity index (χ3v) is 5.51. The second-order valence-electron chi connectivity index (χ2n) is 5.15. The van der Waals surface area contributed by atoms with Gasteiger partial charge in [-0.25, -0.2) is 4.98 Å². The molecule has 1 N–H and O–H groups in total. The second-order valence-corrected chi connectivity index (χ2v) is 7.41. The van der Waals surface area contributed by atoms with Gasteiger partial charge in [-0.15, -0.1) is 11.3 Å². The third kappa shape index (κ3) is 4.30. The van der Waals surface area contributed by atoms with Crippen molar-refractivity contribution in [3.63, 3.8) is 0 Å². The molecule has 0 saturated heterocycles. The van der Waals surface area contributed by atoms with Crippen LogP contribution < -0.4 is 10.1 Å². The van der Waals surface area contributed by atoms with E-state index >= 15 is 0 Å². The van der Waals surface area contributed by atoms with Crippen LogP contribution in [0.1, 0.15) is 6.92 Å². The van der Waals surface area contributed by atoms with Gasteiger partial charge in [-0.2, -0.15) is 0 Å². The van der Waals surface area contributed by atoms with Crippen LogP contribution in [0.25, 0.3) is 10.2 Å². The first kappa shape index (κ1) is 18.2. The number of benzene rings is 2. The third-order valence-electron chi connectivity index (χ3n) is 3.35. The van der Waals surface area contributed by atoms with E-state index in [0.717, 1.165) is 20.3 Å². The van der Waals surface area contributed by atoms with Crippen LogP contribution in [0.2, 0.25) is 0 Å². The summed E-state index contributed by atoms with van der Waals surface area (Å²) in [6.45, 7) is 2.52. The maximum Gasteiger partial charge on any atom is 0.292 e. The van der Waals surface area contributed by atoms with Gasteiger partial charge >= 0.3 is 0 Å². The molecule has 0 atom stereocenters. The van der Waals surface area contributed by atoms with E-state index in [2.05, 4.69) is 10.3 Å². The number of anilines is 1. The maximum atomic E-state index is 12.1. The first-order valence-electron chi connectivity index (χ1n) is 7.76. The van der Waals surface area contributed by atoms with E-state index in [-0.39, 0.29) is 23.0 Å². The van der Waals surface area contributed by atoms with Gasteiger partial charge in [-0.3, -0.25) is 14.9 Å². The molecule has 2 aromatic carbocycles. The van der Waals surface area contributed by atoms with Crippen LogP contribution in [-0.4, -0.2) is 28.2 Å². The van der Waals surface area contributed by atoms with E-state index < -0.39 is 4.92 Å². The molecular formula is C17H15N3O4S2. The van der Waals surface area contributed by atoms with Crippen LogP contribution in [-0.2, 0) is 4.79 Å². The van der Waals surface area contributed by atoms with Gasteiger partial charge in [0.15, 0.2) is 4.34 Å². The minimum atomic E-state index is -0.522. The van der Waals surface area contributed by atoms with Gasteiger partial charge in [0.25, 0.3) is 5.69 Å². The molecule has 0 radical (unpaired) electrons. The lowest BCUT2D eigenvalue weighted by atomic mass is 10.2. The fourth-order valence-electron chi connectivity index (χ4n) is 2.25. The standard InChI is InChI=1S/C17H15N3O4S2/c1-2-24-11-7-8-13-15(9-11)26-17(19-13)25-10-16(21)18-12-5-3-4-6-14(12)20(22)23/h3-9H,2,10H2,1H3,(H,18,21). The van der Waals surface area contributed by atoms with Gasteiger partial charge in [0.05, 0.1) is 27.5 Å². The number of aromatic nitrogens is 1. The topological polar surface area (TPSA) is 94.4 Å². The monoisotopic (exact) mass is 389 g/mol. The normalized spacial score (nSPS) is 10.7. The fourth-order valence-corrected chi connectivity index (χ4v) is 4.15. The van der Waals surface area contributed by atoms with Crippen LogP contribution in [0.3, 0.4) is 0 Å². The lowest BCUT2D eigenvalue weighted by Crippen LogP contribution is -2.15. The van der Waals surface area contributed by atoms with Crippen LogP contribution in [0.15, 0.2) is 46.8 Å². The van der Waals surface area contributed by atoms with Crippen molar-refractivity contribution in [3.8, 4) is 5.75 Å². The molecule has 0 spiro atoms. The molecule has 26 heavy (non-hydrogen) atoms. The van der Waals surface area contributed by atoms with E-state index in [0.29, 0.717) is 6.61 Å². The molecule has 7 nitrogen and oxygen atoms in total. The Morgan fingerprint density at radius 2 is 2.15 bits per heavy atom. The number of nitrogens with zero attached hydrogens (tertiary/aromatic N) is 2. The Morgan fingerprint density at radius 3 is 2.92 bits per heavy atom. The molecule has 1 heterocycles. The number of fused-ring (bicyclic) bond motifs is 1. The molecular weight excluding hydrogens is 374 g/mol. The van der Waals surface area contributed by atoms with Crippen LogP contribution in [0, 0.1) is 10.1 Å². The van der Waals surface area contributed by atoms with Crippen molar-refractivity contribution < 1.29 is 14.5 Å². The maximum absolute atomic E-state index is 12.1. The number of carbonyl (C=O) groups excluding carboxylic acids is 1. The molecule has 0 unspecified atom stereocenters. The number of hydrogen-bond donors (Lipinski definition) is 1. The van der Waals surface area contributed by atoms with Crippen LogP contribution in [0.4, 0.5) is 11.4 Å². The number of nitro benzene ring substituents is 1. The highest BCUT2D eigenvalue weighted by atomic mass is 32.2. The minimum absolute atomic E-state index is 0.115. The summed E-state index contributed by atoms with van der Waals surface area (Å²) in [5.41, 5.74) is 0.906. The average Bonchev–Trinajstić information content (AvgIpc) is 3.03. The number of para-hydroxylation sites is 2. The number of ether oxygens (including phenoxy) is 1. The molecule has 1 amide bonds. The Morgan fingerprint density at radius 1 is 1.35 bits per heavy atom. The predicted octanol–water partition coefficient (Wildman–Crippen LogP) is 4.33. The molecule has 0 fully saturated rings. The summed E-state index contributed by atoms with van der Waals surface area (Å²) in [6.07, 6.45) is 0. The summed E-state index contributed by atoms with van der Waals surface area (Å²) in [7, 11) is 0. The Labute approximate surface area is 157 Å². The summed E-state index contributed by atoms with van der Waals surface area (Å²) in [4.78, 5) is 27.1. The molecule has 0 aliphatic heterocycles. The van der Waals surface area contributed by atoms with Crippen molar-refractivity contribution >= 4 is 50.6 Å². The van der Waals surface area contributed by atoms with E-state index in [1.165, 1.54) is 35.2 Å². The van der Waals surface area contributed by atoms with Crippen molar-refractivity contribution in [1.82, 2.24) is 4.98 Å². The van der Waals surface area contributed by atoms with Crippen molar-refractivity contribution in [1.29, 1.82) is 0 Å². The van der Waals surface area contributed by atoms with Crippen LogP contribution >= 0.6 is 23.1 Å². The van der Waals surface area contributed by atoms with Gasteiger partial charge < -0.3 is 10.1 Å². The zero-order chi connectivity index (χ0) is 18.5. The zero-order valence-electron chi connectivity index (χ0n) is 13.8. The zero-order valence-corrected chi connectivity index (χ0v) is 15.4. The molecule has 1 aromatic heterocycles. The molecule has 0 saturated carbocycles. The SMILES string of the molecule is CCOc1ccc2nc(SCC(=O)Nc3ccccc3[N+](=O)[O-])sc2c1. The number of carbonyl (C=O) groups is 1. The molecule has 9 heteroatoms. The number of hydrogen-bond acceptors (Lipinski definition) is 7. The summed E-state index contributed by atoms with van der Waals surface area (Å²) in [6, 6.07) is 11.7. The smallest absolute Gasteiger partial charge is 0.292 e. The minimum Gasteiger partial charge on any atom is -0.494 e. The van der Waals surface area contributed by atoms with Gasteiger partial charge in [0.2, 0.25) is 5.91 Å². The molecule has 0 bridgehead atoms. The molecule has 0 aliphatic carbocycles. The van der Waals surface area contributed by atoms with Crippen LogP contribution in [0.5, 0.6) is 5.75 Å². The number of nitrogens with one attached hydrogen (secondary N) is 1. The highest BCUT2D eigenvalue weighted by molar-refractivity contribution is 8.01. The van der Waals surface area contributed by atoms with E-state index in [4.69, 9.17) is 4.74 Å². The first-order valence-corrected chi connectivity index (χ1v) is 9.56. The number of nitro groups is 1. The number of thioether (sulfide) groups is 1. The van der Waals surface area contributed by atoms with E-state index in [9.17, 15) is 14.9 Å². The number of thiazole rings is 1. The Hall–Kier alpha value is -2.65. The molecule has 3 rings (SSSR count). The van der Waals surface area contributed by atoms with Crippen molar-refractivity contribution in [2.24, 2.45) is 0 Å². The van der Waals surface area contributed by atoms with Gasteiger partial charge in [0, 0.05) is 6.07 Å². The highest BCUT2D eigenvalue weighted by Gasteiger charge is 2.15. The Bertz CT molecular complexity index is 958. The van der Waals surface area contributed by atoms with Gasteiger partial charge in [-0.1, -0.05) is 23.9 Å². The summed E-state index contributed by atoms with van der Waals surface area (Å²) >= 11 is 2.77. The van der Waals surface area contributed by atoms with Gasteiger partial charge in [-0.05, 0) is 31.2 Å². The largest absolute Gasteiger partial charge is 0.494 e. The predicted molar refractivity (Wildman–Crippen MR) is 103 cm³/mol. The number of amides is 1. The lowest BCUT2D eigenvalue weighted by molar-refractivity contribution is -0.383. The summed E-state index contributed by atoms with van der Waals surface area (Å²) in [5.74, 6) is 0.581. The quantitative estimate of drug-likeness (QED) is 0.367. The Kier molecular flexibility index (Phi) is 5.69. The highest BCUT2D eigenvalue weighted by Crippen LogP contribution is 2.32. The second kappa shape index (κ2) is 8.15. The Balaban J connectivity index is 1.64. The van der Waals surface area contributed by atoms with Crippen molar-refractivity contribution in [2.45, 2.75) is 11.3 Å². The summed E-state index contributed by atoms with van der Waals surface area (Å²) in [5, 5.41) is 13.6. The lowest BCUT2D eigenvalue weighted by Gasteiger charge is -2.04. The molecule has 0 aliphatic rings.